The maximum Gasteiger partial charge on any atom is 0.124 e. The average Bonchev–Trinajstić information content (AvgIpc) is 2.98. The number of para-hydroxylation sites is 1. The minimum Gasteiger partial charge on any atom is -0.494 e. The molecule has 0 aliphatic heterocycles. The first-order valence-corrected chi connectivity index (χ1v) is 8.83. The molecule has 20 heavy (non-hydrogen) atoms. The van der Waals surface area contributed by atoms with Crippen LogP contribution < -0.4 is 10.1 Å². The first-order chi connectivity index (χ1) is 9.85. The Bertz CT molecular complexity index is 499. The molecular formula is C16H21NOS2. The van der Waals surface area contributed by atoms with Crippen molar-refractivity contribution in [1.82, 2.24) is 5.32 Å². The zero-order chi connectivity index (χ0) is 14.2. The Kier molecular flexibility index (Phi) is 6.43. The Morgan fingerprint density at radius 2 is 2.05 bits per heavy atom. The standard InChI is InChI=1S/C16H21NOS2/c1-3-17-14(12-20-16-10-7-11-19-16)13-8-5-6-9-15(13)18-4-2/h5-11,14,17H,3-4,12H2,1-2H3. The quantitative estimate of drug-likeness (QED) is 0.721. The predicted molar refractivity (Wildman–Crippen MR) is 89.1 cm³/mol. The molecule has 1 aromatic carbocycles. The molecular weight excluding hydrogens is 286 g/mol. The minimum absolute atomic E-state index is 0.315. The van der Waals surface area contributed by atoms with E-state index >= 15 is 0 Å². The molecule has 0 bridgehead atoms. The van der Waals surface area contributed by atoms with Crippen LogP contribution in [-0.4, -0.2) is 18.9 Å². The van der Waals surface area contributed by atoms with E-state index in [0.29, 0.717) is 12.6 Å². The van der Waals surface area contributed by atoms with Crippen LogP contribution in [0.1, 0.15) is 25.5 Å². The van der Waals surface area contributed by atoms with E-state index in [2.05, 4.69) is 48.0 Å². The van der Waals surface area contributed by atoms with Crippen molar-refractivity contribution in [2.45, 2.75) is 24.1 Å². The van der Waals surface area contributed by atoms with Gasteiger partial charge < -0.3 is 10.1 Å². The van der Waals surface area contributed by atoms with Gasteiger partial charge in [0.1, 0.15) is 5.75 Å². The predicted octanol–water partition coefficient (Wildman–Crippen LogP) is 4.59. The Hall–Kier alpha value is -0.970. The number of nitrogens with one attached hydrogen (secondary N) is 1. The van der Waals surface area contributed by atoms with Crippen LogP contribution in [0.5, 0.6) is 5.75 Å². The van der Waals surface area contributed by atoms with Gasteiger partial charge in [-0.05, 0) is 31.0 Å². The molecule has 4 heteroatoms. The van der Waals surface area contributed by atoms with Gasteiger partial charge in [0.05, 0.1) is 10.8 Å². The zero-order valence-electron chi connectivity index (χ0n) is 12.0. The topological polar surface area (TPSA) is 21.3 Å². The summed E-state index contributed by atoms with van der Waals surface area (Å²) in [5.41, 5.74) is 1.25. The lowest BCUT2D eigenvalue weighted by Crippen LogP contribution is -2.23. The Morgan fingerprint density at radius 1 is 1.20 bits per heavy atom. The lowest BCUT2D eigenvalue weighted by Gasteiger charge is -2.20. The van der Waals surface area contributed by atoms with Crippen LogP contribution >= 0.6 is 23.1 Å². The molecule has 2 aromatic rings. The molecule has 1 atom stereocenters. The largest absolute Gasteiger partial charge is 0.494 e. The molecule has 0 saturated heterocycles. The van der Waals surface area contributed by atoms with Crippen molar-refractivity contribution in [3.8, 4) is 5.75 Å². The molecule has 0 spiro atoms. The molecule has 0 fully saturated rings. The average molecular weight is 307 g/mol. The number of thiophene rings is 1. The van der Waals surface area contributed by atoms with Gasteiger partial charge in [0.15, 0.2) is 0 Å². The van der Waals surface area contributed by atoms with Crippen LogP contribution in [0.4, 0.5) is 0 Å². The number of hydrogen-bond acceptors (Lipinski definition) is 4. The van der Waals surface area contributed by atoms with E-state index < -0.39 is 0 Å². The van der Waals surface area contributed by atoms with Crippen molar-refractivity contribution in [2.24, 2.45) is 0 Å². The summed E-state index contributed by atoms with van der Waals surface area (Å²) in [6.07, 6.45) is 0. The van der Waals surface area contributed by atoms with E-state index in [-0.39, 0.29) is 0 Å². The fourth-order valence-corrected chi connectivity index (χ4v) is 3.97. The number of hydrogen-bond donors (Lipinski definition) is 1. The summed E-state index contributed by atoms with van der Waals surface area (Å²) >= 11 is 3.69. The normalized spacial score (nSPS) is 12.3. The highest BCUT2D eigenvalue weighted by atomic mass is 32.2. The van der Waals surface area contributed by atoms with Gasteiger partial charge in [-0.3, -0.25) is 0 Å². The van der Waals surface area contributed by atoms with E-state index in [1.807, 2.05) is 24.8 Å². The van der Waals surface area contributed by atoms with Crippen LogP contribution in [0.3, 0.4) is 0 Å². The molecule has 0 radical (unpaired) electrons. The third-order valence-corrected chi connectivity index (χ3v) is 5.16. The van der Waals surface area contributed by atoms with Crippen LogP contribution in [0.2, 0.25) is 0 Å². The van der Waals surface area contributed by atoms with Gasteiger partial charge in [-0.25, -0.2) is 0 Å². The van der Waals surface area contributed by atoms with Crippen LogP contribution in [0.25, 0.3) is 0 Å². The highest BCUT2D eigenvalue weighted by molar-refractivity contribution is 8.01. The second kappa shape index (κ2) is 8.35. The maximum atomic E-state index is 5.75. The molecule has 0 amide bonds. The van der Waals surface area contributed by atoms with E-state index in [1.54, 1.807) is 11.3 Å². The molecule has 0 aliphatic rings. The van der Waals surface area contributed by atoms with Crippen molar-refractivity contribution in [1.29, 1.82) is 0 Å². The molecule has 2 rings (SSSR count). The van der Waals surface area contributed by atoms with Crippen molar-refractivity contribution in [2.75, 3.05) is 18.9 Å². The third kappa shape index (κ3) is 4.27. The Labute approximate surface area is 129 Å². The Balaban J connectivity index is 2.10. The molecule has 2 nitrogen and oxygen atoms in total. The lowest BCUT2D eigenvalue weighted by atomic mass is 10.1. The number of thioether (sulfide) groups is 1. The molecule has 1 aromatic heterocycles. The monoisotopic (exact) mass is 307 g/mol. The van der Waals surface area contributed by atoms with E-state index in [0.717, 1.165) is 18.0 Å². The molecule has 1 unspecified atom stereocenters. The minimum atomic E-state index is 0.315. The summed E-state index contributed by atoms with van der Waals surface area (Å²) in [4.78, 5) is 0. The van der Waals surface area contributed by atoms with Crippen molar-refractivity contribution < 1.29 is 4.74 Å². The summed E-state index contributed by atoms with van der Waals surface area (Å²) in [5, 5.41) is 5.69. The summed E-state index contributed by atoms with van der Waals surface area (Å²) < 4.78 is 7.12. The zero-order valence-corrected chi connectivity index (χ0v) is 13.6. The van der Waals surface area contributed by atoms with E-state index in [4.69, 9.17) is 4.74 Å². The first kappa shape index (κ1) is 15.4. The van der Waals surface area contributed by atoms with Gasteiger partial charge in [-0.15, -0.1) is 23.1 Å². The van der Waals surface area contributed by atoms with Gasteiger partial charge >= 0.3 is 0 Å². The second-order valence-electron chi connectivity index (χ2n) is 4.32. The van der Waals surface area contributed by atoms with Gasteiger partial charge in [0.25, 0.3) is 0 Å². The molecule has 0 aliphatic carbocycles. The second-order valence-corrected chi connectivity index (χ2v) is 6.59. The molecule has 108 valence electrons. The van der Waals surface area contributed by atoms with Crippen molar-refractivity contribution in [3.63, 3.8) is 0 Å². The summed E-state index contributed by atoms with van der Waals surface area (Å²) in [6.45, 7) is 5.83. The van der Waals surface area contributed by atoms with Crippen LogP contribution in [0.15, 0.2) is 46.0 Å². The van der Waals surface area contributed by atoms with Crippen LogP contribution in [-0.2, 0) is 0 Å². The van der Waals surface area contributed by atoms with Gasteiger partial charge in [0, 0.05) is 17.4 Å². The number of benzene rings is 1. The highest BCUT2D eigenvalue weighted by Gasteiger charge is 2.15. The van der Waals surface area contributed by atoms with Crippen molar-refractivity contribution in [3.05, 3.63) is 47.3 Å². The Morgan fingerprint density at radius 3 is 2.75 bits per heavy atom. The van der Waals surface area contributed by atoms with Gasteiger partial charge in [0.2, 0.25) is 0 Å². The van der Waals surface area contributed by atoms with Gasteiger partial charge in [-0.1, -0.05) is 31.2 Å². The lowest BCUT2D eigenvalue weighted by molar-refractivity contribution is 0.333. The molecule has 0 saturated carbocycles. The van der Waals surface area contributed by atoms with Gasteiger partial charge in [-0.2, -0.15) is 0 Å². The SMILES string of the molecule is CCNC(CSc1cccs1)c1ccccc1OCC. The smallest absolute Gasteiger partial charge is 0.124 e. The fraction of sp³-hybridized carbons (Fsp3) is 0.375. The number of ether oxygens (including phenoxy) is 1. The molecule has 1 N–H and O–H groups in total. The third-order valence-electron chi connectivity index (χ3n) is 2.93. The first-order valence-electron chi connectivity index (χ1n) is 6.96. The molecule has 1 heterocycles. The fourth-order valence-electron chi connectivity index (χ4n) is 2.07. The summed E-state index contributed by atoms with van der Waals surface area (Å²) in [6, 6.07) is 12.9. The number of rotatable bonds is 8. The van der Waals surface area contributed by atoms with Crippen molar-refractivity contribution >= 4 is 23.1 Å². The highest BCUT2D eigenvalue weighted by Crippen LogP contribution is 2.31. The van der Waals surface area contributed by atoms with E-state index in [1.165, 1.54) is 9.77 Å². The van der Waals surface area contributed by atoms with Crippen LogP contribution in [0, 0.1) is 0 Å². The maximum absolute atomic E-state index is 5.75. The summed E-state index contributed by atoms with van der Waals surface area (Å²) in [5.74, 6) is 2.01. The summed E-state index contributed by atoms with van der Waals surface area (Å²) in [7, 11) is 0. The van der Waals surface area contributed by atoms with E-state index in [9.17, 15) is 0 Å².